The van der Waals surface area contributed by atoms with E-state index < -0.39 is 0 Å². The van der Waals surface area contributed by atoms with E-state index in [9.17, 15) is 4.79 Å². The molecule has 0 spiro atoms. The number of carbonyl (C=O) groups excluding carboxylic acids is 1. The minimum Gasteiger partial charge on any atom is -0.347 e. The van der Waals surface area contributed by atoms with Crippen LogP contribution in [-0.2, 0) is 0 Å². The maximum Gasteiger partial charge on any atom is 0.272 e. The van der Waals surface area contributed by atoms with Crippen LogP contribution in [-0.4, -0.2) is 22.1 Å². The van der Waals surface area contributed by atoms with Gasteiger partial charge >= 0.3 is 0 Å². The Morgan fingerprint density at radius 2 is 1.95 bits per heavy atom. The molecule has 3 aliphatic carbocycles. The molecule has 1 aromatic carbocycles. The average Bonchev–Trinajstić information content (AvgIpc) is 2.91. The molecule has 1 aromatic heterocycles. The summed E-state index contributed by atoms with van der Waals surface area (Å²) in [5.41, 5.74) is 1.46. The molecule has 2 N–H and O–H groups in total. The largest absolute Gasteiger partial charge is 0.347 e. The third-order valence-electron chi connectivity index (χ3n) is 5.72. The lowest BCUT2D eigenvalue weighted by Gasteiger charge is -2.09. The summed E-state index contributed by atoms with van der Waals surface area (Å²) in [6, 6.07) is 8.21. The Balaban J connectivity index is 1.39. The molecule has 4 heteroatoms. The molecule has 1 heterocycles. The van der Waals surface area contributed by atoms with E-state index >= 15 is 0 Å². The average molecular weight is 267 g/mol. The number of fused-ring (bicyclic) bond motifs is 6. The van der Waals surface area contributed by atoms with Crippen molar-refractivity contribution in [3.8, 4) is 0 Å². The molecule has 3 saturated carbocycles. The number of nitrogens with zero attached hydrogens (tertiary/aromatic N) is 1. The Morgan fingerprint density at radius 1 is 1.20 bits per heavy atom. The van der Waals surface area contributed by atoms with Crippen LogP contribution in [0.2, 0.25) is 0 Å². The molecule has 4 unspecified atom stereocenters. The fraction of sp³-hybridized carbons (Fsp3) is 0.500. The maximum absolute atomic E-state index is 12.4. The van der Waals surface area contributed by atoms with Crippen molar-refractivity contribution in [2.75, 3.05) is 0 Å². The molecule has 2 bridgehead atoms. The van der Waals surface area contributed by atoms with Crippen molar-refractivity contribution in [1.82, 2.24) is 15.5 Å². The highest BCUT2D eigenvalue weighted by Gasteiger charge is 2.65. The van der Waals surface area contributed by atoms with Crippen LogP contribution in [0.15, 0.2) is 24.3 Å². The number of hydrogen-bond acceptors (Lipinski definition) is 2. The van der Waals surface area contributed by atoms with E-state index in [1.54, 1.807) is 0 Å². The highest BCUT2D eigenvalue weighted by molar-refractivity contribution is 6.04. The first-order chi connectivity index (χ1) is 9.83. The monoisotopic (exact) mass is 267 g/mol. The number of rotatable bonds is 2. The fourth-order valence-electron chi connectivity index (χ4n) is 4.87. The highest BCUT2D eigenvalue weighted by Crippen LogP contribution is 2.65. The van der Waals surface area contributed by atoms with E-state index in [0.29, 0.717) is 11.7 Å². The molecule has 3 fully saturated rings. The van der Waals surface area contributed by atoms with E-state index in [1.807, 2.05) is 24.3 Å². The third kappa shape index (κ3) is 1.31. The highest BCUT2D eigenvalue weighted by atomic mass is 16.2. The third-order valence-corrected chi connectivity index (χ3v) is 5.72. The van der Waals surface area contributed by atoms with Gasteiger partial charge in [-0.15, -0.1) is 0 Å². The van der Waals surface area contributed by atoms with Crippen molar-refractivity contribution >= 4 is 16.8 Å². The number of hydrogen-bond donors (Lipinski definition) is 2. The molecule has 4 atom stereocenters. The molecule has 4 nitrogen and oxygen atoms in total. The van der Waals surface area contributed by atoms with Gasteiger partial charge in [0.2, 0.25) is 0 Å². The summed E-state index contributed by atoms with van der Waals surface area (Å²) in [6.45, 7) is 0. The van der Waals surface area contributed by atoms with Gasteiger partial charge in [-0.25, -0.2) is 0 Å². The number of H-pyrrole nitrogens is 1. The van der Waals surface area contributed by atoms with Crippen molar-refractivity contribution in [2.45, 2.75) is 25.3 Å². The first kappa shape index (κ1) is 10.9. The van der Waals surface area contributed by atoms with Crippen LogP contribution in [0.25, 0.3) is 10.9 Å². The molecular weight excluding hydrogens is 250 g/mol. The minimum atomic E-state index is -0.0127. The maximum atomic E-state index is 12.4. The molecule has 0 saturated heterocycles. The van der Waals surface area contributed by atoms with Crippen LogP contribution >= 0.6 is 0 Å². The first-order valence-electron chi connectivity index (χ1n) is 7.57. The van der Waals surface area contributed by atoms with E-state index in [1.165, 1.54) is 19.3 Å². The summed E-state index contributed by atoms with van der Waals surface area (Å²) in [5.74, 6) is 3.28. The number of benzene rings is 1. The van der Waals surface area contributed by atoms with Gasteiger partial charge in [0.25, 0.3) is 5.91 Å². The molecule has 1 amide bonds. The van der Waals surface area contributed by atoms with Crippen LogP contribution in [0.5, 0.6) is 0 Å². The molecule has 5 rings (SSSR count). The van der Waals surface area contributed by atoms with Gasteiger partial charge in [0, 0.05) is 11.4 Å². The van der Waals surface area contributed by atoms with Crippen molar-refractivity contribution < 1.29 is 4.79 Å². The Hall–Kier alpha value is -1.84. The number of aromatic nitrogens is 2. The fourth-order valence-corrected chi connectivity index (χ4v) is 4.87. The first-order valence-corrected chi connectivity index (χ1v) is 7.57. The topological polar surface area (TPSA) is 57.8 Å². The Bertz CT molecular complexity index is 691. The molecule has 20 heavy (non-hydrogen) atoms. The Morgan fingerprint density at radius 3 is 2.75 bits per heavy atom. The van der Waals surface area contributed by atoms with Gasteiger partial charge in [0.05, 0.1) is 5.52 Å². The molecule has 0 aliphatic heterocycles. The van der Waals surface area contributed by atoms with Crippen molar-refractivity contribution in [3.63, 3.8) is 0 Å². The zero-order valence-corrected chi connectivity index (χ0v) is 11.2. The zero-order chi connectivity index (χ0) is 13.3. The lowest BCUT2D eigenvalue weighted by Crippen LogP contribution is -2.30. The van der Waals surface area contributed by atoms with Gasteiger partial charge in [-0.3, -0.25) is 9.89 Å². The van der Waals surface area contributed by atoms with Gasteiger partial charge in [-0.1, -0.05) is 18.2 Å². The van der Waals surface area contributed by atoms with Crippen LogP contribution in [0, 0.1) is 23.7 Å². The van der Waals surface area contributed by atoms with Crippen LogP contribution < -0.4 is 5.32 Å². The molecule has 102 valence electrons. The van der Waals surface area contributed by atoms with Crippen molar-refractivity contribution in [1.29, 1.82) is 0 Å². The standard InChI is InChI=1S/C16H17N3O/c20-16(14-10-3-1-2-4-11(10)18-19-14)17-15-12-8-5-6-9(7-8)13(12)15/h1-4,8-9,12-13,15H,5-7H2,(H,17,20)(H,18,19). The van der Waals surface area contributed by atoms with Crippen LogP contribution in [0.4, 0.5) is 0 Å². The number of aromatic amines is 1. The van der Waals surface area contributed by atoms with Crippen molar-refractivity contribution in [2.24, 2.45) is 23.7 Å². The summed E-state index contributed by atoms with van der Waals surface area (Å²) in [7, 11) is 0. The van der Waals surface area contributed by atoms with Gasteiger partial charge in [-0.2, -0.15) is 5.10 Å². The predicted molar refractivity (Wildman–Crippen MR) is 75.2 cm³/mol. The second kappa shape index (κ2) is 3.62. The Kier molecular flexibility index (Phi) is 1.97. The predicted octanol–water partition coefficient (Wildman–Crippen LogP) is 2.34. The smallest absolute Gasteiger partial charge is 0.272 e. The van der Waals surface area contributed by atoms with Gasteiger partial charge < -0.3 is 5.32 Å². The van der Waals surface area contributed by atoms with Gasteiger partial charge in [-0.05, 0) is 49.0 Å². The summed E-state index contributed by atoms with van der Waals surface area (Å²) in [6.07, 6.45) is 4.17. The van der Waals surface area contributed by atoms with Crippen LogP contribution in [0.1, 0.15) is 29.8 Å². The Labute approximate surface area is 116 Å². The molecule has 2 aromatic rings. The van der Waals surface area contributed by atoms with Crippen molar-refractivity contribution in [3.05, 3.63) is 30.0 Å². The normalized spacial score (nSPS) is 37.1. The number of amides is 1. The zero-order valence-electron chi connectivity index (χ0n) is 11.2. The molecular formula is C16H17N3O. The van der Waals surface area contributed by atoms with E-state index in [0.717, 1.165) is 34.6 Å². The summed E-state index contributed by atoms with van der Waals surface area (Å²) < 4.78 is 0. The van der Waals surface area contributed by atoms with E-state index in [2.05, 4.69) is 15.5 Å². The lowest BCUT2D eigenvalue weighted by molar-refractivity contribution is 0.0941. The molecule has 0 radical (unpaired) electrons. The summed E-state index contributed by atoms with van der Waals surface area (Å²) >= 11 is 0. The number of para-hydroxylation sites is 1. The SMILES string of the molecule is O=C(NC1C2C3CCC(C3)C12)c1n[nH]c2ccccc12. The van der Waals surface area contributed by atoms with E-state index in [-0.39, 0.29) is 5.91 Å². The minimum absolute atomic E-state index is 0.0127. The van der Waals surface area contributed by atoms with Crippen LogP contribution in [0.3, 0.4) is 0 Å². The quantitative estimate of drug-likeness (QED) is 0.877. The summed E-state index contributed by atoms with van der Waals surface area (Å²) in [4.78, 5) is 12.4. The number of nitrogens with one attached hydrogen (secondary N) is 2. The van der Waals surface area contributed by atoms with E-state index in [4.69, 9.17) is 0 Å². The second-order valence-corrected chi connectivity index (χ2v) is 6.60. The molecule has 3 aliphatic rings. The van der Waals surface area contributed by atoms with Gasteiger partial charge in [0.15, 0.2) is 5.69 Å². The number of carbonyl (C=O) groups is 1. The second-order valence-electron chi connectivity index (χ2n) is 6.60. The lowest BCUT2D eigenvalue weighted by atomic mass is 10.0. The van der Waals surface area contributed by atoms with Gasteiger partial charge in [0.1, 0.15) is 0 Å². The summed E-state index contributed by atoms with van der Waals surface area (Å²) in [5, 5.41) is 11.3.